The molecular weight excluding hydrogens is 258 g/mol. The van der Waals surface area contributed by atoms with Crippen molar-refractivity contribution in [2.24, 2.45) is 11.8 Å². The number of hydrogen-bond acceptors (Lipinski definition) is 3. The monoisotopic (exact) mass is 285 g/mol. The van der Waals surface area contributed by atoms with E-state index in [2.05, 4.69) is 16.0 Å². The highest BCUT2D eigenvalue weighted by Gasteiger charge is 2.25. The predicted octanol–water partition coefficient (Wildman–Crippen LogP) is 0.424. The van der Waals surface area contributed by atoms with Gasteiger partial charge in [-0.1, -0.05) is 27.7 Å². The van der Waals surface area contributed by atoms with E-state index in [0.717, 1.165) is 0 Å². The molecule has 0 radical (unpaired) electrons. The van der Waals surface area contributed by atoms with Crippen molar-refractivity contribution in [3.05, 3.63) is 0 Å². The quantitative estimate of drug-likeness (QED) is 0.633. The summed E-state index contributed by atoms with van der Waals surface area (Å²) in [5.74, 6) is -0.555. The van der Waals surface area contributed by atoms with E-state index >= 15 is 0 Å². The minimum Gasteiger partial charge on any atom is -0.352 e. The summed E-state index contributed by atoms with van der Waals surface area (Å²) in [5.41, 5.74) is 0. The van der Waals surface area contributed by atoms with Crippen LogP contribution < -0.4 is 16.0 Å². The standard InChI is InChI=1S/C14H27N3O3/c1-8(2)10(5)16-14(20)13(9(3)4)17-12(19)7-15-11(6)18/h8-10,13H,7H2,1-6H3,(H,15,18)(H,16,20)(H,17,19)/t10-,13-/m0/s1. The van der Waals surface area contributed by atoms with E-state index in [0.29, 0.717) is 5.92 Å². The highest BCUT2D eigenvalue weighted by atomic mass is 16.2. The van der Waals surface area contributed by atoms with Gasteiger partial charge in [0.2, 0.25) is 17.7 Å². The summed E-state index contributed by atoms with van der Waals surface area (Å²) < 4.78 is 0. The Kier molecular flexibility index (Phi) is 7.87. The fraction of sp³-hybridized carbons (Fsp3) is 0.786. The van der Waals surface area contributed by atoms with Gasteiger partial charge in [-0.25, -0.2) is 0 Å². The maximum Gasteiger partial charge on any atom is 0.243 e. The molecule has 6 heteroatoms. The van der Waals surface area contributed by atoms with E-state index in [9.17, 15) is 14.4 Å². The molecule has 0 saturated heterocycles. The van der Waals surface area contributed by atoms with Crippen LogP contribution in [-0.2, 0) is 14.4 Å². The molecule has 6 nitrogen and oxygen atoms in total. The minimum atomic E-state index is -0.600. The van der Waals surface area contributed by atoms with E-state index in [4.69, 9.17) is 0 Å². The molecule has 116 valence electrons. The molecule has 3 N–H and O–H groups in total. The van der Waals surface area contributed by atoms with Crippen molar-refractivity contribution >= 4 is 17.7 Å². The zero-order chi connectivity index (χ0) is 15.9. The summed E-state index contributed by atoms with van der Waals surface area (Å²) >= 11 is 0. The molecule has 0 fully saturated rings. The molecule has 0 spiro atoms. The van der Waals surface area contributed by atoms with Crippen LogP contribution in [0, 0.1) is 11.8 Å². The molecule has 0 unspecified atom stereocenters. The van der Waals surface area contributed by atoms with Gasteiger partial charge < -0.3 is 16.0 Å². The highest BCUT2D eigenvalue weighted by Crippen LogP contribution is 2.05. The van der Waals surface area contributed by atoms with Crippen molar-refractivity contribution < 1.29 is 14.4 Å². The topological polar surface area (TPSA) is 87.3 Å². The highest BCUT2D eigenvalue weighted by molar-refractivity contribution is 5.90. The molecule has 0 rings (SSSR count). The summed E-state index contributed by atoms with van der Waals surface area (Å²) in [5, 5.41) is 7.94. The van der Waals surface area contributed by atoms with E-state index in [1.54, 1.807) is 0 Å². The van der Waals surface area contributed by atoms with Crippen molar-refractivity contribution in [2.75, 3.05) is 6.54 Å². The Hall–Kier alpha value is -1.59. The number of rotatable bonds is 7. The molecule has 20 heavy (non-hydrogen) atoms. The molecule has 0 aliphatic carbocycles. The van der Waals surface area contributed by atoms with Gasteiger partial charge >= 0.3 is 0 Å². The molecule has 0 heterocycles. The fourth-order valence-corrected chi connectivity index (χ4v) is 1.45. The molecule has 0 aromatic carbocycles. The number of hydrogen-bond donors (Lipinski definition) is 3. The second-order valence-electron chi connectivity index (χ2n) is 5.74. The van der Waals surface area contributed by atoms with Gasteiger partial charge in [-0.2, -0.15) is 0 Å². The third kappa shape index (κ3) is 7.11. The summed E-state index contributed by atoms with van der Waals surface area (Å²) in [7, 11) is 0. The van der Waals surface area contributed by atoms with Crippen LogP contribution in [0.25, 0.3) is 0 Å². The molecule has 0 aliphatic rings. The second kappa shape index (κ2) is 8.55. The third-order valence-corrected chi connectivity index (χ3v) is 3.13. The van der Waals surface area contributed by atoms with Gasteiger partial charge in [0.25, 0.3) is 0 Å². The fourth-order valence-electron chi connectivity index (χ4n) is 1.45. The predicted molar refractivity (Wildman–Crippen MR) is 77.9 cm³/mol. The van der Waals surface area contributed by atoms with Crippen LogP contribution in [0.4, 0.5) is 0 Å². The van der Waals surface area contributed by atoms with Gasteiger partial charge in [-0.05, 0) is 18.8 Å². The molecule has 3 amide bonds. The molecule has 0 aromatic heterocycles. The Labute approximate surface area is 121 Å². The Morgan fingerprint density at radius 1 is 0.900 bits per heavy atom. The summed E-state index contributed by atoms with van der Waals surface area (Å²) in [4.78, 5) is 34.6. The first-order valence-electron chi connectivity index (χ1n) is 6.99. The molecular formula is C14H27N3O3. The van der Waals surface area contributed by atoms with Crippen LogP contribution in [0.3, 0.4) is 0 Å². The van der Waals surface area contributed by atoms with Crippen LogP contribution in [0.1, 0.15) is 41.5 Å². The van der Waals surface area contributed by atoms with Crippen molar-refractivity contribution in [1.82, 2.24) is 16.0 Å². The van der Waals surface area contributed by atoms with Gasteiger partial charge in [-0.3, -0.25) is 14.4 Å². The zero-order valence-electron chi connectivity index (χ0n) is 13.2. The van der Waals surface area contributed by atoms with Crippen LogP contribution >= 0.6 is 0 Å². The van der Waals surface area contributed by atoms with E-state index in [1.807, 2.05) is 34.6 Å². The average molecular weight is 285 g/mol. The SMILES string of the molecule is CC(=O)NCC(=O)N[C@H](C(=O)N[C@@H](C)C(C)C)C(C)C. The normalized spacial score (nSPS) is 13.8. The first-order valence-corrected chi connectivity index (χ1v) is 6.99. The molecule has 0 aliphatic heterocycles. The lowest BCUT2D eigenvalue weighted by Gasteiger charge is -2.25. The minimum absolute atomic E-state index is 0.0318. The first kappa shape index (κ1) is 18.4. The second-order valence-corrected chi connectivity index (χ2v) is 5.74. The first-order chi connectivity index (χ1) is 9.15. The molecule has 0 aromatic rings. The molecule has 0 saturated carbocycles. The van der Waals surface area contributed by atoms with Crippen molar-refractivity contribution in [3.63, 3.8) is 0 Å². The Bertz CT molecular complexity index is 354. The molecule has 2 atom stereocenters. The summed E-state index contributed by atoms with van der Waals surface area (Å²) in [6.07, 6.45) is 0. The number of nitrogens with one attached hydrogen (secondary N) is 3. The van der Waals surface area contributed by atoms with Crippen molar-refractivity contribution in [3.8, 4) is 0 Å². The lowest BCUT2D eigenvalue weighted by molar-refractivity contribution is -0.130. The summed E-state index contributed by atoms with van der Waals surface area (Å²) in [6.45, 7) is 10.9. The zero-order valence-corrected chi connectivity index (χ0v) is 13.2. The lowest BCUT2D eigenvalue weighted by Crippen LogP contribution is -2.54. The van der Waals surface area contributed by atoms with Gasteiger partial charge in [0.1, 0.15) is 6.04 Å². The van der Waals surface area contributed by atoms with Crippen LogP contribution in [0.5, 0.6) is 0 Å². The van der Waals surface area contributed by atoms with Gasteiger partial charge in [0, 0.05) is 13.0 Å². The van der Waals surface area contributed by atoms with E-state index < -0.39 is 6.04 Å². The van der Waals surface area contributed by atoms with E-state index in [1.165, 1.54) is 6.92 Å². The number of carbonyl (C=O) groups excluding carboxylic acids is 3. The van der Waals surface area contributed by atoms with E-state index in [-0.39, 0.29) is 36.2 Å². The van der Waals surface area contributed by atoms with Crippen molar-refractivity contribution in [1.29, 1.82) is 0 Å². The summed E-state index contributed by atoms with van der Waals surface area (Å²) in [6, 6.07) is -0.562. The number of carbonyl (C=O) groups is 3. The van der Waals surface area contributed by atoms with Gasteiger partial charge in [0.15, 0.2) is 0 Å². The Morgan fingerprint density at radius 2 is 1.45 bits per heavy atom. The Balaban J connectivity index is 4.53. The maximum atomic E-state index is 12.2. The largest absolute Gasteiger partial charge is 0.352 e. The van der Waals surface area contributed by atoms with Crippen LogP contribution in [0.2, 0.25) is 0 Å². The van der Waals surface area contributed by atoms with Crippen molar-refractivity contribution in [2.45, 2.75) is 53.6 Å². The smallest absolute Gasteiger partial charge is 0.243 e. The Morgan fingerprint density at radius 3 is 1.85 bits per heavy atom. The number of amides is 3. The van der Waals surface area contributed by atoms with Gasteiger partial charge in [0.05, 0.1) is 6.54 Å². The van der Waals surface area contributed by atoms with Crippen LogP contribution in [0.15, 0.2) is 0 Å². The average Bonchev–Trinajstić information content (AvgIpc) is 2.32. The van der Waals surface area contributed by atoms with Gasteiger partial charge in [-0.15, -0.1) is 0 Å². The third-order valence-electron chi connectivity index (χ3n) is 3.13. The molecule has 0 bridgehead atoms. The maximum absolute atomic E-state index is 12.2. The lowest BCUT2D eigenvalue weighted by atomic mass is 10.0. The van der Waals surface area contributed by atoms with Crippen LogP contribution in [-0.4, -0.2) is 36.3 Å².